The van der Waals surface area contributed by atoms with Crippen LogP contribution >= 0.6 is 0 Å². The number of hydrogen-bond donors (Lipinski definition) is 7. The number of aliphatic hydroxyl groups excluding tert-OH is 2. The molecular weight excluding hydrogens is 1020 g/mol. The second kappa shape index (κ2) is 28.7. The minimum atomic E-state index is -4.61. The number of benzene rings is 4. The molecule has 0 unspecified atom stereocenters. The van der Waals surface area contributed by atoms with E-state index in [0.29, 0.717) is 62.2 Å². The van der Waals surface area contributed by atoms with Crippen LogP contribution in [0.2, 0.25) is 0 Å². The highest BCUT2D eigenvalue weighted by molar-refractivity contribution is 5.95. The summed E-state index contributed by atoms with van der Waals surface area (Å²) >= 11 is 0. The summed E-state index contributed by atoms with van der Waals surface area (Å²) in [6, 6.07) is 27.1. The molecule has 7 rings (SSSR count). The predicted octanol–water partition coefficient (Wildman–Crippen LogP) is 6.00. The van der Waals surface area contributed by atoms with Gasteiger partial charge in [0.25, 0.3) is 0 Å². The lowest BCUT2D eigenvalue weighted by molar-refractivity contribution is -0.148. The van der Waals surface area contributed by atoms with Crippen LogP contribution in [0, 0.1) is 19.8 Å². The van der Waals surface area contributed by atoms with Gasteiger partial charge >= 0.3 is 6.18 Å². The highest BCUT2D eigenvalue weighted by Crippen LogP contribution is 2.32. The molecule has 2 saturated heterocycles. The summed E-state index contributed by atoms with van der Waals surface area (Å²) < 4.78 is 45.7. The van der Waals surface area contributed by atoms with Gasteiger partial charge in [-0.1, -0.05) is 84.8 Å². The van der Waals surface area contributed by atoms with Gasteiger partial charge < -0.3 is 52.6 Å². The Morgan fingerprint density at radius 1 is 0.759 bits per heavy atom. The van der Waals surface area contributed by atoms with Crippen LogP contribution in [0.15, 0.2) is 103 Å². The standard InChI is InChI=1S/C20H17F3N4O.C19H32N4O6.C19H23NO2/c1-12-3-2-4-14(9-12)19-26-16(20(21,22)23)11-18(27-19)25-15-7-5-13(6-8-15)10-17(24)28;1-10(24)15(20)19(29)23-9-5-7-14(23)18(28)22-8-4-6-13(22)17(27)21-16(11(2)25)12(3)26;1-14-4-3-5-17(12-14)13-22-18-10-8-16(9-11-18)7-6-15(2)19(20)21/h2-9,11H,10H2,1H3,(H2,24,28)(H,25,26,27);10-11,13-16,24-25H,4-9,20H2,1-3H3,(H,21,27);3-5,8-12,15H,6-7,13H2,1-2H3,(H2,20,21)/t;10-,11-,13+,14+,15+,16+;15-/m.11/s1. The third-order valence-electron chi connectivity index (χ3n) is 13.3. The minimum absolute atomic E-state index is 0.0153. The number of aromatic nitrogens is 2. The number of nitrogens with one attached hydrogen (secondary N) is 2. The van der Waals surface area contributed by atoms with Crippen molar-refractivity contribution in [3.05, 3.63) is 137 Å². The van der Waals surface area contributed by atoms with Crippen LogP contribution < -0.4 is 32.6 Å². The molecule has 18 nitrogen and oxygen atoms in total. The van der Waals surface area contributed by atoms with Crippen molar-refractivity contribution in [2.45, 2.75) is 136 Å². The predicted molar refractivity (Wildman–Crippen MR) is 292 cm³/mol. The molecule has 0 radical (unpaired) electrons. The first-order valence-electron chi connectivity index (χ1n) is 26.1. The van der Waals surface area contributed by atoms with Crippen molar-refractivity contribution in [2.75, 3.05) is 18.4 Å². The maximum atomic E-state index is 13.3. The quantitative estimate of drug-likeness (QED) is 0.0500. The molecular formula is C58H72F3N9O9. The Labute approximate surface area is 458 Å². The monoisotopic (exact) mass is 1100 g/mol. The summed E-state index contributed by atoms with van der Waals surface area (Å²) in [6.07, 6.45) is -2.82. The molecule has 2 aliphatic rings. The van der Waals surface area contributed by atoms with E-state index in [2.05, 4.69) is 45.7 Å². The Morgan fingerprint density at radius 2 is 1.37 bits per heavy atom. The largest absolute Gasteiger partial charge is 0.489 e. The van der Waals surface area contributed by atoms with Crippen LogP contribution in [0.5, 0.6) is 5.75 Å². The lowest BCUT2D eigenvalue weighted by Gasteiger charge is -2.33. The Balaban J connectivity index is 0.000000220. The first-order valence-corrected chi connectivity index (χ1v) is 26.1. The number of ether oxygens (including phenoxy) is 1. The van der Waals surface area contributed by atoms with Crippen molar-refractivity contribution in [3.63, 3.8) is 0 Å². The number of ketones is 1. The number of primary amides is 2. The first kappa shape index (κ1) is 62.1. The second-order valence-corrected chi connectivity index (χ2v) is 20.0. The maximum Gasteiger partial charge on any atom is 0.433 e. The number of amides is 5. The number of hydrogen-bond acceptors (Lipinski definition) is 13. The average molecular weight is 1100 g/mol. The molecule has 2 aliphatic heterocycles. The number of alkyl halides is 3. The molecule has 5 amide bonds. The zero-order valence-corrected chi connectivity index (χ0v) is 45.3. The van der Waals surface area contributed by atoms with E-state index >= 15 is 0 Å². The molecule has 424 valence electrons. The van der Waals surface area contributed by atoms with Crippen molar-refractivity contribution in [1.29, 1.82) is 0 Å². The van der Waals surface area contributed by atoms with Crippen LogP contribution in [-0.4, -0.2) is 115 Å². The van der Waals surface area contributed by atoms with E-state index < -0.39 is 66.0 Å². The van der Waals surface area contributed by atoms with Crippen molar-refractivity contribution in [1.82, 2.24) is 25.1 Å². The third kappa shape index (κ3) is 18.7. The maximum absolute atomic E-state index is 13.3. The Morgan fingerprint density at radius 3 is 1.94 bits per heavy atom. The van der Waals surface area contributed by atoms with Gasteiger partial charge in [-0.15, -0.1) is 0 Å². The van der Waals surface area contributed by atoms with Crippen LogP contribution in [0.1, 0.15) is 93.3 Å². The van der Waals surface area contributed by atoms with Crippen molar-refractivity contribution in [3.8, 4) is 17.1 Å². The third-order valence-corrected chi connectivity index (χ3v) is 13.3. The number of nitrogens with two attached hydrogens (primary N) is 3. The second-order valence-electron chi connectivity index (χ2n) is 20.0. The van der Waals surface area contributed by atoms with E-state index in [4.69, 9.17) is 21.9 Å². The molecule has 5 aromatic rings. The van der Waals surface area contributed by atoms with Crippen molar-refractivity contribution >= 4 is 46.8 Å². The first-order chi connectivity index (χ1) is 37.3. The topological polar surface area (TPSA) is 286 Å². The van der Waals surface area contributed by atoms with Gasteiger partial charge in [0, 0.05) is 36.3 Å². The van der Waals surface area contributed by atoms with E-state index in [9.17, 15) is 52.2 Å². The average Bonchev–Trinajstić information content (AvgIpc) is 4.14. The molecule has 4 aromatic carbocycles. The Hall–Kier alpha value is -7.75. The van der Waals surface area contributed by atoms with Crippen LogP contribution in [0.25, 0.3) is 11.4 Å². The van der Waals surface area contributed by atoms with Gasteiger partial charge in [0.05, 0.1) is 18.6 Å². The fraction of sp³-hybridized carbons (Fsp3) is 0.414. The Kier molecular flexibility index (Phi) is 22.6. The highest BCUT2D eigenvalue weighted by atomic mass is 19.4. The number of aliphatic hydroxyl groups is 2. The summed E-state index contributed by atoms with van der Waals surface area (Å²) in [4.78, 5) is 82.8. The number of carbonyl (C=O) groups is 6. The summed E-state index contributed by atoms with van der Waals surface area (Å²) in [5.41, 5.74) is 21.3. The number of carbonyl (C=O) groups excluding carboxylic acids is 6. The number of rotatable bonds is 19. The molecule has 21 heteroatoms. The molecule has 7 atom stereocenters. The molecule has 10 N–H and O–H groups in total. The van der Waals surface area contributed by atoms with E-state index in [-0.39, 0.29) is 41.6 Å². The van der Waals surface area contributed by atoms with Gasteiger partial charge in [0.1, 0.15) is 42.3 Å². The summed E-state index contributed by atoms with van der Waals surface area (Å²) in [7, 11) is 0. The van der Waals surface area contributed by atoms with E-state index in [1.54, 1.807) is 42.5 Å². The molecule has 1 aromatic heterocycles. The summed E-state index contributed by atoms with van der Waals surface area (Å²) in [6.45, 7) is 11.2. The van der Waals surface area contributed by atoms with E-state index in [0.717, 1.165) is 30.2 Å². The molecule has 0 bridgehead atoms. The fourth-order valence-electron chi connectivity index (χ4n) is 8.86. The van der Waals surface area contributed by atoms with Gasteiger partial charge in [-0.3, -0.25) is 28.8 Å². The van der Waals surface area contributed by atoms with Crippen molar-refractivity contribution in [2.24, 2.45) is 23.1 Å². The molecule has 79 heavy (non-hydrogen) atoms. The van der Waals surface area contributed by atoms with Gasteiger partial charge in [-0.05, 0) is 120 Å². The minimum Gasteiger partial charge on any atom is -0.489 e. The number of aryl methyl sites for hydroxylation is 3. The normalized spacial score (nSPS) is 16.9. The SMILES string of the molecule is CC(=O)[C@@H](NC(=O)[C@@H]1CCCN1C(=O)[C@@H]1CCCN1C(=O)[C@@H](N)[C@@H](C)O)[C@@H](C)O.Cc1cccc(-c2nc(Nc3ccc(CC(N)=O)cc3)cc(C(F)(F)F)n2)c1.Cc1cccc(COc2ccc(CC[C@@H](C)C(N)=O)cc2)c1. The Bertz CT molecular complexity index is 2890. The number of Topliss-reactive ketones (excluding diaryl/α,β-unsaturated/α-hetero) is 1. The van der Waals surface area contributed by atoms with Crippen LogP contribution in [0.4, 0.5) is 24.7 Å². The molecule has 2 fully saturated rings. The molecule has 3 heterocycles. The summed E-state index contributed by atoms with van der Waals surface area (Å²) in [5, 5.41) is 24.7. The molecule has 0 aliphatic carbocycles. The van der Waals surface area contributed by atoms with Gasteiger partial charge in [-0.25, -0.2) is 9.97 Å². The van der Waals surface area contributed by atoms with Gasteiger partial charge in [-0.2, -0.15) is 13.2 Å². The van der Waals surface area contributed by atoms with Gasteiger partial charge in [0.15, 0.2) is 17.3 Å². The lowest BCUT2D eigenvalue weighted by Crippen LogP contribution is -2.58. The van der Waals surface area contributed by atoms with E-state index in [1.807, 2.05) is 50.2 Å². The zero-order chi connectivity index (χ0) is 58.1. The van der Waals surface area contributed by atoms with Crippen LogP contribution in [0.3, 0.4) is 0 Å². The summed E-state index contributed by atoms with van der Waals surface area (Å²) in [5.74, 6) is -1.62. The van der Waals surface area contributed by atoms with Gasteiger partial charge in [0.2, 0.25) is 29.5 Å². The zero-order valence-electron chi connectivity index (χ0n) is 45.3. The highest BCUT2D eigenvalue weighted by Gasteiger charge is 2.44. The number of halogens is 3. The van der Waals surface area contributed by atoms with E-state index in [1.165, 1.54) is 47.3 Å². The lowest BCUT2D eigenvalue weighted by atomic mass is 10.0. The fourth-order valence-corrected chi connectivity index (χ4v) is 8.86. The number of likely N-dealkylation sites (tertiary alicyclic amines) is 2. The van der Waals surface area contributed by atoms with Crippen molar-refractivity contribution < 1.29 is 56.9 Å². The smallest absolute Gasteiger partial charge is 0.433 e. The molecule has 0 saturated carbocycles. The number of anilines is 2. The van der Waals surface area contributed by atoms with Crippen LogP contribution in [-0.2, 0) is 54.4 Å². The number of nitrogens with zero attached hydrogens (tertiary/aromatic N) is 4. The molecule has 0 spiro atoms.